The van der Waals surface area contributed by atoms with Crippen LogP contribution in [0.3, 0.4) is 0 Å². The molecule has 1 aliphatic heterocycles. The molecule has 4 N–H and O–H groups in total. The first kappa shape index (κ1) is 12.6. The van der Waals surface area contributed by atoms with Gasteiger partial charge in [-0.15, -0.1) is 0 Å². The van der Waals surface area contributed by atoms with Crippen LogP contribution in [0.4, 0.5) is 0 Å². The highest BCUT2D eigenvalue weighted by atomic mass is 32.2. The van der Waals surface area contributed by atoms with Crippen molar-refractivity contribution >= 4 is 17.6 Å². The minimum absolute atomic E-state index is 0.0880. The first-order valence-electron chi connectivity index (χ1n) is 5.39. The molecule has 0 aromatic heterocycles. The summed E-state index contributed by atoms with van der Waals surface area (Å²) < 4.78 is 0.380. The van der Waals surface area contributed by atoms with Crippen molar-refractivity contribution in [1.29, 1.82) is 0 Å². The van der Waals surface area contributed by atoms with E-state index in [0.717, 1.165) is 13.1 Å². The molecule has 1 heterocycles. The van der Waals surface area contributed by atoms with Gasteiger partial charge in [-0.05, 0) is 25.5 Å². The fourth-order valence-corrected chi connectivity index (χ4v) is 3.01. The van der Waals surface area contributed by atoms with Crippen LogP contribution in [-0.4, -0.2) is 34.6 Å². The highest BCUT2D eigenvalue weighted by molar-refractivity contribution is 8.00. The molecule has 5 heteroatoms. The Morgan fingerprint density at radius 1 is 1.73 bits per heavy atom. The topological polar surface area (TPSA) is 70.6 Å². The van der Waals surface area contributed by atoms with E-state index < -0.39 is 0 Å². The predicted octanol–water partition coefficient (Wildman–Crippen LogP) is 1.24. The summed E-state index contributed by atoms with van der Waals surface area (Å²) in [4.78, 5) is 0. The first-order chi connectivity index (χ1) is 7.07. The molecule has 88 valence electrons. The maximum Gasteiger partial charge on any atom is 0.143 e. The van der Waals surface area contributed by atoms with Gasteiger partial charge in [-0.2, -0.15) is 11.8 Å². The Kier molecular flexibility index (Phi) is 4.73. The number of nitrogens with one attached hydrogen (secondary N) is 1. The molecular weight excluding hydrogens is 210 g/mol. The van der Waals surface area contributed by atoms with E-state index >= 15 is 0 Å². The average molecular weight is 231 g/mol. The van der Waals surface area contributed by atoms with E-state index in [1.54, 1.807) is 0 Å². The lowest BCUT2D eigenvalue weighted by atomic mass is 10.1. The molecule has 0 spiro atoms. The van der Waals surface area contributed by atoms with Crippen molar-refractivity contribution in [2.24, 2.45) is 16.8 Å². The Labute approximate surface area is 95.7 Å². The number of nitrogens with zero attached hydrogens (tertiary/aromatic N) is 1. The summed E-state index contributed by atoms with van der Waals surface area (Å²) in [6.07, 6.45) is 2.60. The minimum Gasteiger partial charge on any atom is -0.409 e. The molecule has 0 aromatic carbocycles. The number of nitrogens with two attached hydrogens (primary N) is 1. The van der Waals surface area contributed by atoms with E-state index in [4.69, 9.17) is 10.9 Å². The fraction of sp³-hybridized carbons (Fsp3) is 0.900. The van der Waals surface area contributed by atoms with Gasteiger partial charge < -0.3 is 16.3 Å². The van der Waals surface area contributed by atoms with Gasteiger partial charge in [0.1, 0.15) is 5.84 Å². The van der Waals surface area contributed by atoms with Gasteiger partial charge in [-0.25, -0.2) is 0 Å². The SMILES string of the molecule is CC(CNCC1(C)CCCS1)C(N)=NO. The Morgan fingerprint density at radius 2 is 2.47 bits per heavy atom. The normalized spacial score (nSPS) is 29.3. The van der Waals surface area contributed by atoms with Crippen LogP contribution < -0.4 is 11.1 Å². The molecule has 0 amide bonds. The van der Waals surface area contributed by atoms with Crippen LogP contribution in [0, 0.1) is 5.92 Å². The molecule has 15 heavy (non-hydrogen) atoms. The molecule has 0 aliphatic carbocycles. The van der Waals surface area contributed by atoms with E-state index in [1.165, 1.54) is 18.6 Å². The molecule has 1 aliphatic rings. The highest BCUT2D eigenvalue weighted by Gasteiger charge is 2.28. The third-order valence-corrected chi connectivity index (χ3v) is 4.41. The van der Waals surface area contributed by atoms with Gasteiger partial charge in [0.05, 0.1) is 0 Å². The third-order valence-electron chi connectivity index (χ3n) is 2.87. The molecule has 0 radical (unpaired) electrons. The molecule has 1 rings (SSSR count). The first-order valence-corrected chi connectivity index (χ1v) is 6.38. The molecule has 1 fully saturated rings. The molecule has 0 saturated carbocycles. The van der Waals surface area contributed by atoms with Crippen LogP contribution in [0.15, 0.2) is 5.16 Å². The van der Waals surface area contributed by atoms with Crippen molar-refractivity contribution in [3.8, 4) is 0 Å². The third kappa shape index (κ3) is 3.91. The van der Waals surface area contributed by atoms with E-state index in [-0.39, 0.29) is 5.92 Å². The number of rotatable bonds is 5. The molecule has 2 unspecified atom stereocenters. The molecule has 4 nitrogen and oxygen atoms in total. The number of amidine groups is 1. The van der Waals surface area contributed by atoms with Crippen molar-refractivity contribution < 1.29 is 5.21 Å². The van der Waals surface area contributed by atoms with Crippen LogP contribution in [0.25, 0.3) is 0 Å². The van der Waals surface area contributed by atoms with Crippen LogP contribution in [0.5, 0.6) is 0 Å². The lowest BCUT2D eigenvalue weighted by molar-refractivity contribution is 0.314. The maximum atomic E-state index is 8.50. The molecular formula is C10H21N3OS. The fourth-order valence-electron chi connectivity index (χ4n) is 1.73. The van der Waals surface area contributed by atoms with E-state index in [1.807, 2.05) is 18.7 Å². The van der Waals surface area contributed by atoms with E-state index in [9.17, 15) is 0 Å². The Bertz CT molecular complexity index is 227. The second-order valence-electron chi connectivity index (χ2n) is 4.46. The maximum absolute atomic E-state index is 8.50. The van der Waals surface area contributed by atoms with Crippen LogP contribution in [0.2, 0.25) is 0 Å². The number of oxime groups is 1. The quantitative estimate of drug-likeness (QED) is 0.288. The highest BCUT2D eigenvalue weighted by Crippen LogP contribution is 2.36. The Hall–Kier alpha value is -0.420. The van der Waals surface area contributed by atoms with Gasteiger partial charge >= 0.3 is 0 Å². The van der Waals surface area contributed by atoms with Crippen LogP contribution in [0.1, 0.15) is 26.7 Å². The Balaban J connectivity index is 2.21. The summed E-state index contributed by atoms with van der Waals surface area (Å²) in [6.45, 7) is 6.02. The largest absolute Gasteiger partial charge is 0.409 e. The number of hydrogen-bond donors (Lipinski definition) is 3. The summed E-state index contributed by atoms with van der Waals surface area (Å²) in [7, 11) is 0. The van der Waals surface area contributed by atoms with Crippen LogP contribution >= 0.6 is 11.8 Å². The lowest BCUT2D eigenvalue weighted by Gasteiger charge is -2.23. The summed E-state index contributed by atoms with van der Waals surface area (Å²) in [6, 6.07) is 0. The van der Waals surface area contributed by atoms with Gasteiger partial charge in [0.25, 0.3) is 0 Å². The second-order valence-corrected chi connectivity index (χ2v) is 6.14. The van der Waals surface area contributed by atoms with E-state index in [0.29, 0.717) is 10.6 Å². The summed E-state index contributed by atoms with van der Waals surface area (Å²) in [5.74, 6) is 1.66. The average Bonchev–Trinajstić information content (AvgIpc) is 2.64. The molecule has 0 aromatic rings. The molecule has 1 saturated heterocycles. The van der Waals surface area contributed by atoms with Crippen LogP contribution in [-0.2, 0) is 0 Å². The summed E-state index contributed by atoms with van der Waals surface area (Å²) in [5.41, 5.74) is 5.50. The van der Waals surface area contributed by atoms with Gasteiger partial charge in [-0.1, -0.05) is 12.1 Å². The van der Waals surface area contributed by atoms with Crippen molar-refractivity contribution in [1.82, 2.24) is 5.32 Å². The zero-order valence-corrected chi connectivity index (χ0v) is 10.3. The lowest BCUT2D eigenvalue weighted by Crippen LogP contribution is -2.38. The van der Waals surface area contributed by atoms with Gasteiger partial charge in [0, 0.05) is 23.8 Å². The van der Waals surface area contributed by atoms with Crippen molar-refractivity contribution in [3.63, 3.8) is 0 Å². The molecule has 2 atom stereocenters. The predicted molar refractivity (Wildman–Crippen MR) is 65.5 cm³/mol. The van der Waals surface area contributed by atoms with Crippen molar-refractivity contribution in [2.45, 2.75) is 31.4 Å². The van der Waals surface area contributed by atoms with Crippen molar-refractivity contribution in [3.05, 3.63) is 0 Å². The van der Waals surface area contributed by atoms with Gasteiger partial charge in [-0.3, -0.25) is 0 Å². The zero-order valence-electron chi connectivity index (χ0n) is 9.49. The summed E-state index contributed by atoms with van der Waals surface area (Å²) in [5, 5.41) is 14.9. The van der Waals surface area contributed by atoms with Gasteiger partial charge in [0.2, 0.25) is 0 Å². The number of hydrogen-bond acceptors (Lipinski definition) is 4. The Morgan fingerprint density at radius 3 is 3.00 bits per heavy atom. The minimum atomic E-state index is 0.0880. The second kappa shape index (κ2) is 5.61. The molecule has 0 bridgehead atoms. The number of thioether (sulfide) groups is 1. The standard InChI is InChI=1S/C10H21N3OS/c1-8(9(11)13-14)6-12-7-10(2)4-3-5-15-10/h8,12,14H,3-7H2,1-2H3,(H2,11,13). The summed E-state index contributed by atoms with van der Waals surface area (Å²) >= 11 is 2.04. The smallest absolute Gasteiger partial charge is 0.143 e. The van der Waals surface area contributed by atoms with Gasteiger partial charge in [0.15, 0.2) is 0 Å². The van der Waals surface area contributed by atoms with Crippen molar-refractivity contribution in [2.75, 3.05) is 18.8 Å². The zero-order chi connectivity index (χ0) is 11.3. The van der Waals surface area contributed by atoms with E-state index in [2.05, 4.69) is 17.4 Å². The monoisotopic (exact) mass is 231 g/mol.